The topological polar surface area (TPSA) is 44.5 Å². The molecule has 1 heterocycles. The Morgan fingerprint density at radius 1 is 1.56 bits per heavy atom. The van der Waals surface area contributed by atoms with Crippen LogP contribution >= 0.6 is 0 Å². The number of hydrogen-bond donors (Lipinski definition) is 1. The van der Waals surface area contributed by atoms with Crippen LogP contribution < -0.4 is 5.73 Å². The molecule has 1 aliphatic heterocycles. The zero-order valence-electron chi connectivity index (χ0n) is 11.0. The van der Waals surface area contributed by atoms with Crippen LogP contribution in [0.15, 0.2) is 0 Å². The van der Waals surface area contributed by atoms with Crippen LogP contribution in [-0.2, 0) is 9.47 Å². The lowest BCUT2D eigenvalue weighted by molar-refractivity contribution is -0.0219. The minimum absolute atomic E-state index is 0.129. The highest BCUT2D eigenvalue weighted by Gasteiger charge is 2.29. The fourth-order valence-electron chi connectivity index (χ4n) is 2.30. The molecule has 96 valence electrons. The maximum Gasteiger partial charge on any atom is 0.0798 e. The predicted molar refractivity (Wildman–Crippen MR) is 66.5 cm³/mol. The quantitative estimate of drug-likeness (QED) is 0.729. The van der Waals surface area contributed by atoms with Crippen molar-refractivity contribution in [1.82, 2.24) is 0 Å². The van der Waals surface area contributed by atoms with Crippen LogP contribution in [0.2, 0.25) is 0 Å². The van der Waals surface area contributed by atoms with Crippen molar-refractivity contribution in [3.8, 4) is 0 Å². The zero-order valence-corrected chi connectivity index (χ0v) is 11.0. The molecule has 3 nitrogen and oxygen atoms in total. The molecule has 0 aromatic rings. The smallest absolute Gasteiger partial charge is 0.0798 e. The first-order valence-corrected chi connectivity index (χ1v) is 6.54. The molecule has 3 atom stereocenters. The van der Waals surface area contributed by atoms with Crippen LogP contribution in [0.4, 0.5) is 0 Å². The molecule has 0 amide bonds. The van der Waals surface area contributed by atoms with E-state index in [1.807, 2.05) is 0 Å². The van der Waals surface area contributed by atoms with E-state index >= 15 is 0 Å². The van der Waals surface area contributed by atoms with Gasteiger partial charge in [0.25, 0.3) is 0 Å². The SMILES string of the molecule is CCC(C)(OC)C(N)CCCC1CCCO1. The van der Waals surface area contributed by atoms with E-state index < -0.39 is 0 Å². The van der Waals surface area contributed by atoms with Gasteiger partial charge in [-0.2, -0.15) is 0 Å². The maximum atomic E-state index is 6.19. The van der Waals surface area contributed by atoms with E-state index in [9.17, 15) is 0 Å². The summed E-state index contributed by atoms with van der Waals surface area (Å²) in [5.41, 5.74) is 6.02. The summed E-state index contributed by atoms with van der Waals surface area (Å²) in [5.74, 6) is 0. The standard InChI is InChI=1S/C13H27NO2/c1-4-13(2,15-3)12(14)9-5-7-11-8-6-10-16-11/h11-12H,4-10,14H2,1-3H3. The van der Waals surface area contributed by atoms with Gasteiger partial charge in [-0.1, -0.05) is 6.92 Å². The Kier molecular flexibility index (Phi) is 5.73. The predicted octanol–water partition coefficient (Wildman–Crippen LogP) is 2.48. The van der Waals surface area contributed by atoms with Gasteiger partial charge in [0.05, 0.1) is 11.7 Å². The van der Waals surface area contributed by atoms with Crippen LogP contribution in [0.1, 0.15) is 52.4 Å². The molecule has 0 spiro atoms. The van der Waals surface area contributed by atoms with E-state index in [0.717, 1.165) is 32.3 Å². The van der Waals surface area contributed by atoms with E-state index in [1.165, 1.54) is 12.8 Å². The van der Waals surface area contributed by atoms with Crippen molar-refractivity contribution < 1.29 is 9.47 Å². The molecule has 1 fully saturated rings. The van der Waals surface area contributed by atoms with Gasteiger partial charge in [0.15, 0.2) is 0 Å². The molecule has 1 rings (SSSR count). The number of rotatable bonds is 7. The van der Waals surface area contributed by atoms with Gasteiger partial charge in [0, 0.05) is 19.8 Å². The van der Waals surface area contributed by atoms with Crippen LogP contribution in [0.25, 0.3) is 0 Å². The summed E-state index contributed by atoms with van der Waals surface area (Å²) in [6.07, 6.45) is 7.22. The Morgan fingerprint density at radius 2 is 2.31 bits per heavy atom. The minimum atomic E-state index is -0.170. The molecule has 3 heteroatoms. The van der Waals surface area contributed by atoms with Crippen molar-refractivity contribution in [2.24, 2.45) is 5.73 Å². The van der Waals surface area contributed by atoms with Gasteiger partial charge in [-0.05, 0) is 45.4 Å². The van der Waals surface area contributed by atoms with E-state index in [4.69, 9.17) is 15.2 Å². The van der Waals surface area contributed by atoms with Gasteiger partial charge in [0.2, 0.25) is 0 Å². The number of hydrogen-bond acceptors (Lipinski definition) is 3. The van der Waals surface area contributed by atoms with Crippen LogP contribution in [0.5, 0.6) is 0 Å². The fraction of sp³-hybridized carbons (Fsp3) is 1.00. The lowest BCUT2D eigenvalue weighted by Gasteiger charge is -2.33. The Labute approximate surface area is 99.7 Å². The Bertz CT molecular complexity index is 186. The van der Waals surface area contributed by atoms with Gasteiger partial charge >= 0.3 is 0 Å². The lowest BCUT2D eigenvalue weighted by Crippen LogP contribution is -2.46. The second-order valence-electron chi connectivity index (χ2n) is 5.04. The summed E-state index contributed by atoms with van der Waals surface area (Å²) in [5, 5.41) is 0. The lowest BCUT2D eigenvalue weighted by atomic mass is 9.89. The second kappa shape index (κ2) is 6.58. The molecule has 0 saturated carbocycles. The van der Waals surface area contributed by atoms with Gasteiger partial charge in [-0.25, -0.2) is 0 Å². The molecule has 0 aromatic heterocycles. The van der Waals surface area contributed by atoms with Crippen molar-refractivity contribution in [2.75, 3.05) is 13.7 Å². The maximum absolute atomic E-state index is 6.19. The zero-order chi connectivity index (χ0) is 12.0. The van der Waals surface area contributed by atoms with Crippen molar-refractivity contribution in [1.29, 1.82) is 0 Å². The third-order valence-corrected chi connectivity index (χ3v) is 4.02. The van der Waals surface area contributed by atoms with E-state index in [-0.39, 0.29) is 11.6 Å². The van der Waals surface area contributed by atoms with Gasteiger partial charge in [-0.15, -0.1) is 0 Å². The second-order valence-corrected chi connectivity index (χ2v) is 5.04. The third kappa shape index (κ3) is 3.72. The molecule has 2 N–H and O–H groups in total. The van der Waals surface area contributed by atoms with Crippen molar-refractivity contribution in [2.45, 2.75) is 70.1 Å². The minimum Gasteiger partial charge on any atom is -0.378 e. The summed E-state index contributed by atoms with van der Waals surface area (Å²) in [6.45, 7) is 5.18. The summed E-state index contributed by atoms with van der Waals surface area (Å²) < 4.78 is 11.1. The van der Waals surface area contributed by atoms with Crippen molar-refractivity contribution >= 4 is 0 Å². The molecule has 1 aliphatic rings. The third-order valence-electron chi connectivity index (χ3n) is 4.02. The summed E-state index contributed by atoms with van der Waals surface area (Å²) >= 11 is 0. The molecule has 0 bridgehead atoms. The molecule has 16 heavy (non-hydrogen) atoms. The van der Waals surface area contributed by atoms with Gasteiger partial charge in [-0.3, -0.25) is 0 Å². The molecular formula is C13H27NO2. The molecule has 3 unspecified atom stereocenters. The molecule has 0 aliphatic carbocycles. The average Bonchev–Trinajstić information content (AvgIpc) is 2.80. The number of nitrogens with two attached hydrogens (primary N) is 1. The van der Waals surface area contributed by atoms with Crippen molar-refractivity contribution in [3.05, 3.63) is 0 Å². The first kappa shape index (κ1) is 13.9. The highest BCUT2D eigenvalue weighted by Crippen LogP contribution is 2.23. The Hall–Kier alpha value is -0.120. The molecule has 0 radical (unpaired) electrons. The monoisotopic (exact) mass is 229 g/mol. The summed E-state index contributed by atoms with van der Waals surface area (Å²) in [4.78, 5) is 0. The van der Waals surface area contributed by atoms with Crippen LogP contribution in [0, 0.1) is 0 Å². The largest absolute Gasteiger partial charge is 0.378 e. The van der Waals surface area contributed by atoms with Crippen LogP contribution in [-0.4, -0.2) is 31.5 Å². The van der Waals surface area contributed by atoms with Gasteiger partial charge in [0.1, 0.15) is 0 Å². The van der Waals surface area contributed by atoms with Crippen LogP contribution in [0.3, 0.4) is 0 Å². The molecular weight excluding hydrogens is 202 g/mol. The first-order valence-electron chi connectivity index (χ1n) is 6.54. The Morgan fingerprint density at radius 3 is 2.81 bits per heavy atom. The van der Waals surface area contributed by atoms with E-state index in [0.29, 0.717) is 6.10 Å². The molecule has 0 aromatic carbocycles. The van der Waals surface area contributed by atoms with Gasteiger partial charge < -0.3 is 15.2 Å². The number of methoxy groups -OCH3 is 1. The highest BCUT2D eigenvalue weighted by molar-refractivity contribution is 4.85. The van der Waals surface area contributed by atoms with E-state index in [2.05, 4.69) is 13.8 Å². The normalized spacial score (nSPS) is 26.6. The average molecular weight is 229 g/mol. The first-order chi connectivity index (χ1) is 7.62. The summed E-state index contributed by atoms with van der Waals surface area (Å²) in [7, 11) is 1.75. The molecule has 1 saturated heterocycles. The summed E-state index contributed by atoms with van der Waals surface area (Å²) in [6, 6.07) is 0.129. The number of ether oxygens (including phenoxy) is 2. The highest BCUT2D eigenvalue weighted by atomic mass is 16.5. The van der Waals surface area contributed by atoms with E-state index in [1.54, 1.807) is 7.11 Å². The van der Waals surface area contributed by atoms with Crippen molar-refractivity contribution in [3.63, 3.8) is 0 Å². The fourth-order valence-corrected chi connectivity index (χ4v) is 2.30. The Balaban J connectivity index is 2.20.